The summed E-state index contributed by atoms with van der Waals surface area (Å²) in [5.74, 6) is 2.23. The van der Waals surface area contributed by atoms with E-state index in [4.69, 9.17) is 0 Å². The van der Waals surface area contributed by atoms with Gasteiger partial charge in [0, 0.05) is 24.2 Å². The molecule has 1 aromatic heterocycles. The number of thioether (sulfide) groups is 1. The molecule has 0 saturated heterocycles. The predicted octanol–water partition coefficient (Wildman–Crippen LogP) is 1.55. The molecule has 3 heteroatoms. The molecule has 1 N–H and O–H groups in total. The molecule has 2 nitrogen and oxygen atoms in total. The zero-order valence-corrected chi connectivity index (χ0v) is 7.95. The maximum absolute atomic E-state index is 4.42. The van der Waals surface area contributed by atoms with E-state index in [1.165, 1.54) is 16.8 Å². The van der Waals surface area contributed by atoms with Crippen LogP contribution in [-0.2, 0) is 18.1 Å². The van der Waals surface area contributed by atoms with Gasteiger partial charge in [-0.05, 0) is 18.2 Å². The van der Waals surface area contributed by atoms with Gasteiger partial charge < -0.3 is 5.32 Å². The zero-order chi connectivity index (χ0) is 8.39. The number of hydrogen-bond acceptors (Lipinski definition) is 3. The van der Waals surface area contributed by atoms with Crippen molar-refractivity contribution in [2.75, 3.05) is 7.05 Å². The van der Waals surface area contributed by atoms with E-state index in [2.05, 4.69) is 16.4 Å². The summed E-state index contributed by atoms with van der Waals surface area (Å²) in [6.07, 6.45) is 1.97. The lowest BCUT2D eigenvalue weighted by molar-refractivity contribution is 0.810. The van der Waals surface area contributed by atoms with Crippen molar-refractivity contribution in [3.8, 4) is 0 Å². The Morgan fingerprint density at radius 2 is 2.50 bits per heavy atom. The second-order valence-electron chi connectivity index (χ2n) is 2.97. The standard InChI is InChI=1S/C9H12N2S/c1-10-3-7-2-8-5-12-6-9(8)11-4-7/h2,4,10H,3,5-6H2,1H3. The highest BCUT2D eigenvalue weighted by Crippen LogP contribution is 2.28. The first-order valence-electron chi connectivity index (χ1n) is 4.09. The second-order valence-corrected chi connectivity index (χ2v) is 3.96. The van der Waals surface area contributed by atoms with Crippen LogP contribution in [-0.4, -0.2) is 12.0 Å². The molecular formula is C9H12N2S. The van der Waals surface area contributed by atoms with Crippen molar-refractivity contribution in [3.05, 3.63) is 29.1 Å². The van der Waals surface area contributed by atoms with Crippen LogP contribution >= 0.6 is 11.8 Å². The number of pyridine rings is 1. The molecule has 1 aliphatic heterocycles. The van der Waals surface area contributed by atoms with E-state index in [0.717, 1.165) is 18.1 Å². The first-order valence-corrected chi connectivity index (χ1v) is 5.24. The van der Waals surface area contributed by atoms with Gasteiger partial charge in [-0.1, -0.05) is 6.07 Å². The van der Waals surface area contributed by atoms with Crippen LogP contribution in [0.3, 0.4) is 0 Å². The Balaban J connectivity index is 2.26. The van der Waals surface area contributed by atoms with Gasteiger partial charge in [0.05, 0.1) is 5.69 Å². The molecule has 2 rings (SSSR count). The minimum Gasteiger partial charge on any atom is -0.316 e. The van der Waals surface area contributed by atoms with Gasteiger partial charge in [0.25, 0.3) is 0 Å². The van der Waals surface area contributed by atoms with Crippen LogP contribution in [0.2, 0.25) is 0 Å². The largest absolute Gasteiger partial charge is 0.316 e. The molecule has 2 heterocycles. The lowest BCUT2D eigenvalue weighted by Crippen LogP contribution is -2.06. The van der Waals surface area contributed by atoms with Gasteiger partial charge in [-0.15, -0.1) is 0 Å². The fourth-order valence-corrected chi connectivity index (χ4v) is 2.43. The van der Waals surface area contributed by atoms with Crippen LogP contribution in [0.25, 0.3) is 0 Å². The zero-order valence-electron chi connectivity index (χ0n) is 7.13. The van der Waals surface area contributed by atoms with Gasteiger partial charge in [0.15, 0.2) is 0 Å². The number of rotatable bonds is 2. The quantitative estimate of drug-likeness (QED) is 0.747. The molecule has 0 radical (unpaired) electrons. The number of nitrogens with one attached hydrogen (secondary N) is 1. The van der Waals surface area contributed by atoms with Gasteiger partial charge in [-0.3, -0.25) is 4.98 Å². The fraction of sp³-hybridized carbons (Fsp3) is 0.444. The molecule has 0 aromatic carbocycles. The van der Waals surface area contributed by atoms with Crippen molar-refractivity contribution >= 4 is 11.8 Å². The van der Waals surface area contributed by atoms with Gasteiger partial charge in [-0.25, -0.2) is 0 Å². The summed E-state index contributed by atoms with van der Waals surface area (Å²) in [5, 5.41) is 3.13. The van der Waals surface area contributed by atoms with Gasteiger partial charge >= 0.3 is 0 Å². The van der Waals surface area contributed by atoms with E-state index < -0.39 is 0 Å². The molecule has 0 aliphatic carbocycles. The Hall–Kier alpha value is -0.540. The number of nitrogens with zero attached hydrogens (tertiary/aromatic N) is 1. The van der Waals surface area contributed by atoms with Gasteiger partial charge in [-0.2, -0.15) is 11.8 Å². The highest BCUT2D eigenvalue weighted by Gasteiger charge is 2.11. The van der Waals surface area contributed by atoms with Crippen LogP contribution in [0.4, 0.5) is 0 Å². The molecule has 0 saturated carbocycles. The molecule has 0 spiro atoms. The highest BCUT2D eigenvalue weighted by molar-refractivity contribution is 7.98. The third kappa shape index (κ3) is 1.47. The lowest BCUT2D eigenvalue weighted by Gasteiger charge is -2.01. The van der Waals surface area contributed by atoms with Crippen LogP contribution < -0.4 is 5.32 Å². The molecule has 0 atom stereocenters. The van der Waals surface area contributed by atoms with Crippen LogP contribution in [0, 0.1) is 0 Å². The first kappa shape index (κ1) is 8.08. The Morgan fingerprint density at radius 3 is 3.33 bits per heavy atom. The van der Waals surface area contributed by atoms with E-state index in [9.17, 15) is 0 Å². The minimum absolute atomic E-state index is 0.922. The third-order valence-corrected chi connectivity index (χ3v) is 2.99. The van der Waals surface area contributed by atoms with E-state index >= 15 is 0 Å². The van der Waals surface area contributed by atoms with Crippen molar-refractivity contribution < 1.29 is 0 Å². The first-order chi connectivity index (χ1) is 5.90. The summed E-state index contributed by atoms with van der Waals surface area (Å²) in [6, 6.07) is 2.26. The summed E-state index contributed by atoms with van der Waals surface area (Å²) in [7, 11) is 1.96. The summed E-state index contributed by atoms with van der Waals surface area (Å²) >= 11 is 1.95. The van der Waals surface area contributed by atoms with Crippen molar-refractivity contribution in [3.63, 3.8) is 0 Å². The smallest absolute Gasteiger partial charge is 0.0543 e. The number of hydrogen-bond donors (Lipinski definition) is 1. The summed E-state index contributed by atoms with van der Waals surface area (Å²) in [4.78, 5) is 4.42. The molecule has 1 aliphatic rings. The number of aromatic nitrogens is 1. The summed E-state index contributed by atoms with van der Waals surface area (Å²) < 4.78 is 0. The van der Waals surface area contributed by atoms with Crippen LogP contribution in [0.15, 0.2) is 12.3 Å². The van der Waals surface area contributed by atoms with E-state index in [-0.39, 0.29) is 0 Å². The predicted molar refractivity (Wildman–Crippen MR) is 52.0 cm³/mol. The molecule has 0 fully saturated rings. The van der Waals surface area contributed by atoms with Crippen molar-refractivity contribution in [2.45, 2.75) is 18.1 Å². The average molecular weight is 180 g/mol. The fourth-order valence-electron chi connectivity index (χ4n) is 1.40. The SMILES string of the molecule is CNCc1cnc2c(c1)CSC2. The van der Waals surface area contributed by atoms with E-state index in [0.29, 0.717) is 0 Å². The van der Waals surface area contributed by atoms with Crippen molar-refractivity contribution in [1.82, 2.24) is 10.3 Å². The average Bonchev–Trinajstić information content (AvgIpc) is 2.51. The summed E-state index contributed by atoms with van der Waals surface area (Å²) in [6.45, 7) is 0.922. The van der Waals surface area contributed by atoms with Crippen molar-refractivity contribution in [2.24, 2.45) is 0 Å². The Kier molecular flexibility index (Phi) is 2.33. The van der Waals surface area contributed by atoms with Crippen molar-refractivity contribution in [1.29, 1.82) is 0 Å². The molecule has 12 heavy (non-hydrogen) atoms. The highest BCUT2D eigenvalue weighted by atomic mass is 32.2. The summed E-state index contributed by atoms with van der Waals surface area (Å²) in [5.41, 5.74) is 3.99. The van der Waals surface area contributed by atoms with E-state index in [1.54, 1.807) is 0 Å². The molecular weight excluding hydrogens is 168 g/mol. The van der Waals surface area contributed by atoms with Crippen LogP contribution in [0.5, 0.6) is 0 Å². The minimum atomic E-state index is 0.922. The Labute approximate surface area is 76.8 Å². The van der Waals surface area contributed by atoms with Crippen LogP contribution in [0.1, 0.15) is 16.8 Å². The maximum atomic E-state index is 4.42. The topological polar surface area (TPSA) is 24.9 Å². The molecule has 1 aromatic rings. The number of fused-ring (bicyclic) bond motifs is 1. The molecule has 0 unspecified atom stereocenters. The van der Waals surface area contributed by atoms with Gasteiger partial charge in [0.1, 0.15) is 0 Å². The normalized spacial score (nSPS) is 14.8. The second kappa shape index (κ2) is 3.46. The van der Waals surface area contributed by atoms with E-state index in [1.807, 2.05) is 25.0 Å². The molecule has 0 amide bonds. The maximum Gasteiger partial charge on any atom is 0.0543 e. The molecule has 0 bridgehead atoms. The van der Waals surface area contributed by atoms with Gasteiger partial charge in [0.2, 0.25) is 0 Å². The Bertz CT molecular complexity index is 286. The lowest BCUT2D eigenvalue weighted by atomic mass is 10.2. The third-order valence-electron chi connectivity index (χ3n) is 1.99. The Morgan fingerprint density at radius 1 is 1.58 bits per heavy atom. The molecule has 64 valence electrons. The monoisotopic (exact) mass is 180 g/mol.